The molecule has 94 valence electrons. The smallest absolute Gasteiger partial charge is 0.0299 e. The predicted octanol–water partition coefficient (Wildman–Crippen LogP) is 2.81. The summed E-state index contributed by atoms with van der Waals surface area (Å²) in [5.41, 5.74) is 2.74. The molecule has 1 unspecified atom stereocenters. The lowest BCUT2D eigenvalue weighted by molar-refractivity contribution is 0.475. The number of nitrogens with one attached hydrogen (secondary N) is 1. The molecule has 0 saturated carbocycles. The Kier molecular flexibility index (Phi) is 5.33. The third kappa shape index (κ3) is 4.32. The number of aromatic nitrogens is 1. The van der Waals surface area contributed by atoms with E-state index in [9.17, 15) is 0 Å². The summed E-state index contributed by atoms with van der Waals surface area (Å²) in [6, 6.07) is 2.88. The summed E-state index contributed by atoms with van der Waals surface area (Å²) in [5, 5.41) is 3.70. The minimum Gasteiger partial charge on any atom is -0.314 e. The Bertz CT molecular complexity index is 333. The van der Waals surface area contributed by atoms with E-state index >= 15 is 0 Å². The Labute approximate surface area is 109 Å². The Balaban J connectivity index is 1.73. The van der Waals surface area contributed by atoms with Crippen molar-refractivity contribution in [2.75, 3.05) is 18.1 Å². The first-order valence-electron chi connectivity index (χ1n) is 6.57. The highest BCUT2D eigenvalue weighted by Crippen LogP contribution is 2.16. The van der Waals surface area contributed by atoms with Crippen LogP contribution in [0.3, 0.4) is 0 Å². The molecule has 2 rings (SSSR count). The van der Waals surface area contributed by atoms with Crippen LogP contribution in [0.2, 0.25) is 0 Å². The molecular weight excluding hydrogens is 228 g/mol. The second kappa shape index (κ2) is 7.02. The van der Waals surface area contributed by atoms with Gasteiger partial charge in [-0.05, 0) is 67.9 Å². The van der Waals surface area contributed by atoms with E-state index in [-0.39, 0.29) is 0 Å². The lowest BCUT2D eigenvalue weighted by atomic mass is 10.1. The summed E-state index contributed by atoms with van der Waals surface area (Å²) >= 11 is 2.10. The fourth-order valence-corrected chi connectivity index (χ4v) is 3.33. The molecule has 2 nitrogen and oxygen atoms in total. The van der Waals surface area contributed by atoms with Gasteiger partial charge in [-0.1, -0.05) is 0 Å². The number of aryl methyl sites for hydroxylation is 1. The van der Waals surface area contributed by atoms with Crippen molar-refractivity contribution in [3.63, 3.8) is 0 Å². The summed E-state index contributed by atoms with van der Waals surface area (Å²) in [6.07, 6.45) is 9.03. The first kappa shape index (κ1) is 12.9. The molecule has 0 amide bonds. The van der Waals surface area contributed by atoms with Crippen molar-refractivity contribution in [1.29, 1.82) is 0 Å². The van der Waals surface area contributed by atoms with E-state index in [4.69, 9.17) is 0 Å². The average molecular weight is 250 g/mol. The average Bonchev–Trinajstić information content (AvgIpc) is 2.60. The van der Waals surface area contributed by atoms with Gasteiger partial charge >= 0.3 is 0 Å². The Morgan fingerprint density at radius 1 is 1.41 bits per heavy atom. The zero-order chi connectivity index (χ0) is 11.9. The lowest BCUT2D eigenvalue weighted by Crippen LogP contribution is -2.31. The van der Waals surface area contributed by atoms with Crippen molar-refractivity contribution < 1.29 is 0 Å². The number of hydrogen-bond acceptors (Lipinski definition) is 3. The van der Waals surface area contributed by atoms with E-state index in [1.54, 1.807) is 0 Å². The number of thioether (sulfide) groups is 1. The highest BCUT2D eigenvalue weighted by molar-refractivity contribution is 7.99. The molecule has 1 aromatic heterocycles. The van der Waals surface area contributed by atoms with Gasteiger partial charge in [-0.2, -0.15) is 11.8 Å². The third-order valence-corrected chi connectivity index (χ3v) is 4.52. The Morgan fingerprint density at radius 3 is 3.24 bits per heavy atom. The van der Waals surface area contributed by atoms with Crippen molar-refractivity contribution in [3.8, 4) is 0 Å². The lowest BCUT2D eigenvalue weighted by Gasteiger charge is -2.16. The highest BCUT2D eigenvalue weighted by atomic mass is 32.2. The highest BCUT2D eigenvalue weighted by Gasteiger charge is 2.11. The van der Waals surface area contributed by atoms with Crippen molar-refractivity contribution in [1.82, 2.24) is 10.3 Å². The van der Waals surface area contributed by atoms with Crippen LogP contribution in [0.25, 0.3) is 0 Å². The number of rotatable bonds is 4. The van der Waals surface area contributed by atoms with Gasteiger partial charge in [0.2, 0.25) is 0 Å². The first-order valence-corrected chi connectivity index (χ1v) is 7.72. The molecule has 17 heavy (non-hydrogen) atoms. The first-order chi connectivity index (χ1) is 8.36. The van der Waals surface area contributed by atoms with Crippen molar-refractivity contribution in [3.05, 3.63) is 29.6 Å². The van der Waals surface area contributed by atoms with Crippen molar-refractivity contribution in [2.45, 2.75) is 38.6 Å². The van der Waals surface area contributed by atoms with Crippen molar-refractivity contribution in [2.24, 2.45) is 0 Å². The van der Waals surface area contributed by atoms with Crippen LogP contribution in [0.1, 0.15) is 30.4 Å². The van der Waals surface area contributed by atoms with Gasteiger partial charge in [0.1, 0.15) is 0 Å². The zero-order valence-electron chi connectivity index (χ0n) is 10.6. The van der Waals surface area contributed by atoms with Gasteiger partial charge in [-0.15, -0.1) is 0 Å². The van der Waals surface area contributed by atoms with E-state index < -0.39 is 0 Å². The quantitative estimate of drug-likeness (QED) is 0.889. The van der Waals surface area contributed by atoms with Gasteiger partial charge in [-0.3, -0.25) is 4.98 Å². The molecule has 0 radical (unpaired) electrons. The second-order valence-electron chi connectivity index (χ2n) is 4.75. The summed E-state index contributed by atoms with van der Waals surface area (Å²) in [5.74, 6) is 2.67. The topological polar surface area (TPSA) is 24.9 Å². The van der Waals surface area contributed by atoms with E-state index in [1.807, 2.05) is 12.4 Å². The van der Waals surface area contributed by atoms with Crippen LogP contribution in [0, 0.1) is 6.92 Å². The molecule has 1 aliphatic heterocycles. The summed E-state index contributed by atoms with van der Waals surface area (Å²) in [6.45, 7) is 3.24. The molecule has 0 bridgehead atoms. The summed E-state index contributed by atoms with van der Waals surface area (Å²) in [7, 11) is 0. The molecule has 1 atom stereocenters. The van der Waals surface area contributed by atoms with E-state index in [2.05, 4.69) is 35.1 Å². The molecule has 1 aliphatic rings. The van der Waals surface area contributed by atoms with Gasteiger partial charge in [0.05, 0.1) is 0 Å². The number of nitrogens with zero attached hydrogens (tertiary/aromatic N) is 1. The Morgan fingerprint density at radius 2 is 2.35 bits per heavy atom. The maximum absolute atomic E-state index is 4.13. The zero-order valence-corrected chi connectivity index (χ0v) is 11.4. The summed E-state index contributed by atoms with van der Waals surface area (Å²) < 4.78 is 0. The number of hydrogen-bond donors (Lipinski definition) is 1. The normalized spacial score (nSPS) is 21.1. The van der Waals surface area contributed by atoms with Gasteiger partial charge in [0.15, 0.2) is 0 Å². The maximum atomic E-state index is 4.13. The Hall–Kier alpha value is -0.540. The molecule has 0 aromatic carbocycles. The molecule has 0 aliphatic carbocycles. The SMILES string of the molecule is Cc1cnccc1CCNC1CCCSCC1. The molecule has 0 spiro atoms. The fraction of sp³-hybridized carbons (Fsp3) is 0.643. The van der Waals surface area contributed by atoms with E-state index in [1.165, 1.54) is 41.9 Å². The molecular formula is C14H22N2S. The minimum atomic E-state index is 0.743. The molecule has 1 aromatic rings. The van der Waals surface area contributed by atoms with Gasteiger partial charge < -0.3 is 5.32 Å². The van der Waals surface area contributed by atoms with E-state index in [0.29, 0.717) is 0 Å². The van der Waals surface area contributed by atoms with Crippen LogP contribution < -0.4 is 5.32 Å². The third-order valence-electron chi connectivity index (χ3n) is 3.42. The van der Waals surface area contributed by atoms with Gasteiger partial charge in [-0.25, -0.2) is 0 Å². The second-order valence-corrected chi connectivity index (χ2v) is 5.97. The van der Waals surface area contributed by atoms with Crippen molar-refractivity contribution >= 4 is 11.8 Å². The molecule has 1 N–H and O–H groups in total. The fourth-order valence-electron chi connectivity index (χ4n) is 2.30. The van der Waals surface area contributed by atoms with E-state index in [0.717, 1.165) is 19.0 Å². The van der Waals surface area contributed by atoms with Crippen LogP contribution in [0.4, 0.5) is 0 Å². The van der Waals surface area contributed by atoms with Crippen LogP contribution in [0.5, 0.6) is 0 Å². The van der Waals surface area contributed by atoms with Gasteiger partial charge in [0.25, 0.3) is 0 Å². The summed E-state index contributed by atoms with van der Waals surface area (Å²) in [4.78, 5) is 4.13. The number of pyridine rings is 1. The maximum Gasteiger partial charge on any atom is 0.0299 e. The predicted molar refractivity (Wildman–Crippen MR) is 75.6 cm³/mol. The molecule has 1 saturated heterocycles. The van der Waals surface area contributed by atoms with Crippen LogP contribution in [-0.2, 0) is 6.42 Å². The van der Waals surface area contributed by atoms with Crippen LogP contribution >= 0.6 is 11.8 Å². The molecule has 1 fully saturated rings. The largest absolute Gasteiger partial charge is 0.314 e. The molecule has 2 heterocycles. The molecule has 3 heteroatoms. The van der Waals surface area contributed by atoms with Crippen LogP contribution in [-0.4, -0.2) is 29.1 Å². The van der Waals surface area contributed by atoms with Crippen LogP contribution in [0.15, 0.2) is 18.5 Å². The monoisotopic (exact) mass is 250 g/mol. The van der Waals surface area contributed by atoms with Gasteiger partial charge in [0, 0.05) is 18.4 Å². The standard InChI is InChI=1S/C14H22N2S/c1-12-11-15-7-4-13(12)5-8-16-14-3-2-9-17-10-6-14/h4,7,11,14,16H,2-3,5-6,8-10H2,1H3. The minimum absolute atomic E-state index is 0.743.